The van der Waals surface area contributed by atoms with E-state index in [9.17, 15) is 0 Å². The Kier molecular flexibility index (Phi) is 4.75. The molecular weight excluding hydrogens is 456 g/mol. The lowest BCUT2D eigenvalue weighted by Crippen LogP contribution is -2.11. The molecule has 2 aliphatic rings. The van der Waals surface area contributed by atoms with Crippen molar-refractivity contribution in [3.05, 3.63) is 151 Å². The molecule has 2 atom stereocenters. The molecule has 178 valence electrons. The molecule has 38 heavy (non-hydrogen) atoms. The Labute approximate surface area is 222 Å². The molecule has 0 saturated carbocycles. The van der Waals surface area contributed by atoms with E-state index >= 15 is 0 Å². The number of rotatable bonds is 2. The Balaban J connectivity index is 1.51. The first-order valence-electron chi connectivity index (χ1n) is 13.5. The van der Waals surface area contributed by atoms with E-state index in [0.717, 1.165) is 0 Å². The summed E-state index contributed by atoms with van der Waals surface area (Å²) >= 11 is 0. The molecule has 2 aliphatic carbocycles. The summed E-state index contributed by atoms with van der Waals surface area (Å²) in [6.07, 6.45) is 16.1. The number of fused-ring (bicyclic) bond motifs is 6. The van der Waals surface area contributed by atoms with Crippen LogP contribution in [0.15, 0.2) is 146 Å². The summed E-state index contributed by atoms with van der Waals surface area (Å²) in [6.45, 7) is 0. The largest absolute Gasteiger partial charge is 0.0767 e. The maximum absolute atomic E-state index is 2.46. The molecule has 0 N–H and O–H groups in total. The molecule has 0 bridgehead atoms. The minimum absolute atomic E-state index is 0.404. The van der Waals surface area contributed by atoms with Gasteiger partial charge in [-0.3, -0.25) is 0 Å². The molecule has 2 unspecified atom stereocenters. The molecule has 0 saturated heterocycles. The van der Waals surface area contributed by atoms with E-state index in [1.807, 2.05) is 0 Å². The zero-order valence-electron chi connectivity index (χ0n) is 21.0. The van der Waals surface area contributed by atoms with Crippen LogP contribution in [0.3, 0.4) is 0 Å². The van der Waals surface area contributed by atoms with Crippen molar-refractivity contribution in [2.24, 2.45) is 11.8 Å². The highest BCUT2D eigenvalue weighted by Crippen LogP contribution is 2.46. The average molecular weight is 483 g/mol. The van der Waals surface area contributed by atoms with Gasteiger partial charge in [0.2, 0.25) is 0 Å². The second-order valence-electron chi connectivity index (χ2n) is 10.4. The van der Waals surface area contributed by atoms with Gasteiger partial charge in [0.05, 0.1) is 0 Å². The highest BCUT2D eigenvalue weighted by molar-refractivity contribution is 6.24. The van der Waals surface area contributed by atoms with E-state index in [1.165, 1.54) is 65.4 Å². The summed E-state index contributed by atoms with van der Waals surface area (Å²) in [4.78, 5) is 0. The normalized spacial score (nSPS) is 18.4. The lowest BCUT2D eigenvalue weighted by atomic mass is 9.78. The molecule has 0 fully saturated rings. The standard InChI is InChI=1S/C38H26/c1-2-12-26-23-28(22-21-25(26)11-1)37-32-17-7-9-19-34(32)38(35-20-10-8-18-33(35)37)36-24-27-13-3-4-14-29(27)30-15-5-6-16-31(30)36/h1-26H. The molecule has 0 heteroatoms. The number of hydrogen-bond acceptors (Lipinski definition) is 0. The van der Waals surface area contributed by atoms with Gasteiger partial charge in [0.1, 0.15) is 0 Å². The lowest BCUT2D eigenvalue weighted by molar-refractivity contribution is 0.663. The van der Waals surface area contributed by atoms with Gasteiger partial charge >= 0.3 is 0 Å². The monoisotopic (exact) mass is 482 g/mol. The molecule has 0 spiro atoms. The first-order valence-corrected chi connectivity index (χ1v) is 13.5. The van der Waals surface area contributed by atoms with E-state index < -0.39 is 0 Å². The van der Waals surface area contributed by atoms with Crippen LogP contribution in [-0.4, -0.2) is 0 Å². The van der Waals surface area contributed by atoms with Crippen LogP contribution in [0.2, 0.25) is 0 Å². The Morgan fingerprint density at radius 2 is 0.947 bits per heavy atom. The third-order valence-electron chi connectivity index (χ3n) is 8.35. The summed E-state index contributed by atoms with van der Waals surface area (Å²) in [5, 5.41) is 10.4. The molecule has 8 rings (SSSR count). The molecule has 6 aromatic rings. The third-order valence-corrected chi connectivity index (χ3v) is 8.35. The van der Waals surface area contributed by atoms with Gasteiger partial charge in [-0.15, -0.1) is 0 Å². The second kappa shape index (κ2) is 8.43. The smallest absolute Gasteiger partial charge is 0.00567 e. The quantitative estimate of drug-likeness (QED) is 0.170. The lowest BCUT2D eigenvalue weighted by Gasteiger charge is -2.25. The third kappa shape index (κ3) is 3.17. The molecule has 6 aromatic carbocycles. The van der Waals surface area contributed by atoms with Crippen LogP contribution in [0.4, 0.5) is 0 Å². The fourth-order valence-electron chi connectivity index (χ4n) is 6.64. The van der Waals surface area contributed by atoms with Crippen LogP contribution in [0.25, 0.3) is 59.8 Å². The van der Waals surface area contributed by atoms with Crippen molar-refractivity contribution in [3.63, 3.8) is 0 Å². The fourth-order valence-corrected chi connectivity index (χ4v) is 6.64. The first-order chi connectivity index (χ1) is 18.9. The van der Waals surface area contributed by atoms with Gasteiger partial charge in [-0.25, -0.2) is 0 Å². The Hall–Kier alpha value is -4.68. The van der Waals surface area contributed by atoms with Crippen molar-refractivity contribution in [1.29, 1.82) is 0 Å². The maximum Gasteiger partial charge on any atom is 0.00567 e. The summed E-state index contributed by atoms with van der Waals surface area (Å²) in [5.74, 6) is 0.853. The highest BCUT2D eigenvalue weighted by Gasteiger charge is 2.23. The maximum atomic E-state index is 2.46. The van der Waals surface area contributed by atoms with E-state index in [4.69, 9.17) is 0 Å². The van der Waals surface area contributed by atoms with E-state index in [2.05, 4.69) is 146 Å². The molecule has 0 aliphatic heterocycles. The molecule has 0 nitrogen and oxygen atoms in total. The summed E-state index contributed by atoms with van der Waals surface area (Å²) in [7, 11) is 0. The van der Waals surface area contributed by atoms with Crippen molar-refractivity contribution in [3.8, 4) is 11.1 Å². The second-order valence-corrected chi connectivity index (χ2v) is 10.4. The van der Waals surface area contributed by atoms with Crippen molar-refractivity contribution >= 4 is 48.7 Å². The minimum atomic E-state index is 0.404. The SMILES string of the molecule is C1=CC2C=CC(c3c4ccccc4c(-c4cc5ccccc5c5ccccc45)c4ccccc34)=CC2C=C1. The fraction of sp³-hybridized carbons (Fsp3) is 0.0526. The first kappa shape index (κ1) is 21.4. The van der Waals surface area contributed by atoms with Gasteiger partial charge in [0.25, 0.3) is 0 Å². The van der Waals surface area contributed by atoms with Crippen molar-refractivity contribution < 1.29 is 0 Å². The van der Waals surface area contributed by atoms with Gasteiger partial charge < -0.3 is 0 Å². The van der Waals surface area contributed by atoms with E-state index in [0.29, 0.717) is 11.8 Å². The van der Waals surface area contributed by atoms with Crippen LogP contribution in [0.1, 0.15) is 5.56 Å². The number of hydrogen-bond donors (Lipinski definition) is 0. The van der Waals surface area contributed by atoms with Crippen molar-refractivity contribution in [2.75, 3.05) is 0 Å². The van der Waals surface area contributed by atoms with Crippen LogP contribution in [0, 0.1) is 11.8 Å². The van der Waals surface area contributed by atoms with Gasteiger partial charge in [0.15, 0.2) is 0 Å². The zero-order valence-corrected chi connectivity index (χ0v) is 21.0. The summed E-state index contributed by atoms with van der Waals surface area (Å²) in [5.41, 5.74) is 5.27. The van der Waals surface area contributed by atoms with Crippen LogP contribution < -0.4 is 0 Å². The van der Waals surface area contributed by atoms with Gasteiger partial charge in [-0.2, -0.15) is 0 Å². The predicted octanol–water partition coefficient (Wildman–Crippen LogP) is 10.3. The van der Waals surface area contributed by atoms with E-state index in [1.54, 1.807) is 0 Å². The van der Waals surface area contributed by atoms with Gasteiger partial charge in [-0.1, -0.05) is 140 Å². The topological polar surface area (TPSA) is 0 Å². The van der Waals surface area contributed by atoms with Crippen LogP contribution >= 0.6 is 0 Å². The molecule has 0 aromatic heterocycles. The summed E-state index contributed by atoms with van der Waals surface area (Å²) in [6, 6.07) is 38.0. The number of benzene rings is 6. The molecular formula is C38H26. The van der Waals surface area contributed by atoms with Crippen molar-refractivity contribution in [1.82, 2.24) is 0 Å². The van der Waals surface area contributed by atoms with Crippen molar-refractivity contribution in [2.45, 2.75) is 0 Å². The zero-order chi connectivity index (χ0) is 25.1. The van der Waals surface area contributed by atoms with Crippen LogP contribution in [-0.2, 0) is 0 Å². The molecule has 0 radical (unpaired) electrons. The highest BCUT2D eigenvalue weighted by atomic mass is 14.3. The Morgan fingerprint density at radius 3 is 1.63 bits per heavy atom. The average Bonchev–Trinajstić information content (AvgIpc) is 2.99. The predicted molar refractivity (Wildman–Crippen MR) is 164 cm³/mol. The molecule has 0 heterocycles. The summed E-state index contributed by atoms with van der Waals surface area (Å²) < 4.78 is 0. The van der Waals surface area contributed by atoms with Gasteiger partial charge in [-0.05, 0) is 71.4 Å². The number of allylic oxidation sites excluding steroid dienone is 8. The minimum Gasteiger partial charge on any atom is -0.0767 e. The Bertz CT molecular complexity index is 1970. The molecule has 0 amide bonds. The Morgan fingerprint density at radius 1 is 0.421 bits per heavy atom. The van der Waals surface area contributed by atoms with Crippen LogP contribution in [0.5, 0.6) is 0 Å². The van der Waals surface area contributed by atoms with E-state index in [-0.39, 0.29) is 0 Å². The van der Waals surface area contributed by atoms with Gasteiger partial charge in [0, 0.05) is 11.8 Å².